The second-order valence-electron chi connectivity index (χ2n) is 14.0. The molecule has 0 unspecified atom stereocenters. The third-order valence-electron chi connectivity index (χ3n) is 10.0. The SMILES string of the molecule is CC(C)(C)c1cc2ccc3c(-c4ccc(-c5ccccn5)cc4)cc(-c4ccc(-c5cccc6ccccc56)cc4)c4ccc(c1)c2c34. The average molecular weight is 614 g/mol. The van der Waals surface area contributed by atoms with E-state index in [4.69, 9.17) is 0 Å². The lowest BCUT2D eigenvalue weighted by atomic mass is 9.81. The van der Waals surface area contributed by atoms with Gasteiger partial charge in [-0.3, -0.25) is 4.98 Å². The van der Waals surface area contributed by atoms with E-state index in [1.165, 1.54) is 82.0 Å². The average Bonchev–Trinajstić information content (AvgIpc) is 3.13. The first kappa shape index (κ1) is 28.4. The Morgan fingerprint density at radius 3 is 1.56 bits per heavy atom. The highest BCUT2D eigenvalue weighted by atomic mass is 14.7. The molecule has 228 valence electrons. The van der Waals surface area contributed by atoms with Crippen LogP contribution >= 0.6 is 0 Å². The molecule has 9 rings (SSSR count). The minimum absolute atomic E-state index is 0.0714. The van der Waals surface area contributed by atoms with Crippen molar-refractivity contribution in [1.82, 2.24) is 4.98 Å². The fourth-order valence-corrected chi connectivity index (χ4v) is 7.49. The molecule has 0 radical (unpaired) electrons. The number of pyridine rings is 1. The zero-order valence-electron chi connectivity index (χ0n) is 27.5. The van der Waals surface area contributed by atoms with Crippen LogP contribution in [0, 0.1) is 0 Å². The van der Waals surface area contributed by atoms with Crippen molar-refractivity contribution < 1.29 is 0 Å². The molecule has 9 aromatic rings. The van der Waals surface area contributed by atoms with Crippen molar-refractivity contribution in [2.45, 2.75) is 26.2 Å². The number of fused-ring (bicyclic) bond motifs is 1. The summed E-state index contributed by atoms with van der Waals surface area (Å²) < 4.78 is 0. The van der Waals surface area contributed by atoms with Gasteiger partial charge in [0.05, 0.1) is 5.69 Å². The lowest BCUT2D eigenvalue weighted by Crippen LogP contribution is -2.10. The third kappa shape index (κ3) is 4.66. The molecule has 1 heterocycles. The molecular formula is C47H35N. The zero-order chi connectivity index (χ0) is 32.4. The van der Waals surface area contributed by atoms with E-state index in [2.05, 4.69) is 165 Å². The van der Waals surface area contributed by atoms with Gasteiger partial charge in [0, 0.05) is 11.8 Å². The van der Waals surface area contributed by atoms with E-state index in [0.717, 1.165) is 11.3 Å². The van der Waals surface area contributed by atoms with E-state index in [0.29, 0.717) is 0 Å². The van der Waals surface area contributed by atoms with Crippen LogP contribution in [-0.4, -0.2) is 4.98 Å². The minimum Gasteiger partial charge on any atom is -0.256 e. The van der Waals surface area contributed by atoms with E-state index in [-0.39, 0.29) is 5.41 Å². The predicted molar refractivity (Wildman–Crippen MR) is 206 cm³/mol. The minimum atomic E-state index is 0.0714. The van der Waals surface area contributed by atoms with Gasteiger partial charge in [0.15, 0.2) is 0 Å². The summed E-state index contributed by atoms with van der Waals surface area (Å²) in [5, 5.41) is 10.4. The number of hydrogen-bond donors (Lipinski definition) is 0. The number of benzene rings is 8. The van der Waals surface area contributed by atoms with Crippen LogP contribution in [0.25, 0.3) is 87.7 Å². The highest BCUT2D eigenvalue weighted by Crippen LogP contribution is 2.45. The quantitative estimate of drug-likeness (QED) is 0.180. The van der Waals surface area contributed by atoms with Crippen LogP contribution in [0.15, 0.2) is 158 Å². The second-order valence-corrected chi connectivity index (χ2v) is 14.0. The lowest BCUT2D eigenvalue weighted by molar-refractivity contribution is 0.591. The first-order valence-corrected chi connectivity index (χ1v) is 16.8. The van der Waals surface area contributed by atoms with Gasteiger partial charge in [0.2, 0.25) is 0 Å². The van der Waals surface area contributed by atoms with Crippen LogP contribution in [-0.2, 0) is 5.41 Å². The summed E-state index contributed by atoms with van der Waals surface area (Å²) in [6.45, 7) is 6.89. The van der Waals surface area contributed by atoms with Gasteiger partial charge in [-0.1, -0.05) is 154 Å². The molecule has 0 atom stereocenters. The van der Waals surface area contributed by atoms with Crippen LogP contribution in [0.5, 0.6) is 0 Å². The first-order chi connectivity index (χ1) is 23.4. The Kier molecular flexibility index (Phi) is 6.45. The highest BCUT2D eigenvalue weighted by molar-refractivity contribution is 6.28. The van der Waals surface area contributed by atoms with Crippen molar-refractivity contribution in [2.75, 3.05) is 0 Å². The lowest BCUT2D eigenvalue weighted by Gasteiger charge is -2.23. The van der Waals surface area contributed by atoms with Crippen molar-refractivity contribution in [3.63, 3.8) is 0 Å². The Balaban J connectivity index is 1.27. The molecule has 1 heteroatoms. The summed E-state index contributed by atoms with van der Waals surface area (Å²) in [5.41, 5.74) is 11.0. The summed E-state index contributed by atoms with van der Waals surface area (Å²) >= 11 is 0. The van der Waals surface area contributed by atoms with Crippen LogP contribution in [0.2, 0.25) is 0 Å². The van der Waals surface area contributed by atoms with E-state index in [1.54, 1.807) is 0 Å². The summed E-state index contributed by atoms with van der Waals surface area (Å²) in [4.78, 5) is 4.58. The Morgan fingerprint density at radius 2 is 0.958 bits per heavy atom. The van der Waals surface area contributed by atoms with Crippen molar-refractivity contribution in [3.05, 3.63) is 163 Å². The molecule has 0 saturated heterocycles. The molecule has 0 saturated carbocycles. The standard InChI is InChI=1S/C47H35N/c1-47(2,3)37-27-35-22-24-40-42(32-16-14-31(15-17-32)39-12-8-10-30-9-4-5-11-38(30)39)29-43(41-25-23-36(28-37)45(35)46(40)41)33-18-20-34(21-19-33)44-13-6-7-26-48-44/h4-29H,1-3H3. The predicted octanol–water partition coefficient (Wildman–Crippen LogP) is 13.1. The molecule has 0 aliphatic carbocycles. The van der Waals surface area contributed by atoms with Crippen molar-refractivity contribution in [3.8, 4) is 44.6 Å². The second kappa shape index (κ2) is 10.9. The third-order valence-corrected chi connectivity index (χ3v) is 10.0. The summed E-state index contributed by atoms with van der Waals surface area (Å²) in [6, 6.07) is 55.9. The fraction of sp³-hybridized carbons (Fsp3) is 0.0851. The van der Waals surface area contributed by atoms with Gasteiger partial charge in [-0.2, -0.15) is 0 Å². The Bertz CT molecular complexity index is 2580. The maximum Gasteiger partial charge on any atom is 0.0701 e. The van der Waals surface area contributed by atoms with Crippen LogP contribution in [0.1, 0.15) is 26.3 Å². The van der Waals surface area contributed by atoms with Crippen LogP contribution in [0.4, 0.5) is 0 Å². The Labute approximate surface area is 281 Å². The molecule has 0 bridgehead atoms. The maximum absolute atomic E-state index is 4.58. The molecule has 0 aliphatic heterocycles. The van der Waals surface area contributed by atoms with Gasteiger partial charge < -0.3 is 0 Å². The van der Waals surface area contributed by atoms with E-state index in [9.17, 15) is 0 Å². The van der Waals surface area contributed by atoms with Gasteiger partial charge >= 0.3 is 0 Å². The van der Waals surface area contributed by atoms with Gasteiger partial charge in [-0.05, 0) is 106 Å². The molecule has 0 aliphatic rings. The van der Waals surface area contributed by atoms with Crippen molar-refractivity contribution in [2.24, 2.45) is 0 Å². The summed E-state index contributed by atoms with van der Waals surface area (Å²) in [6.07, 6.45) is 1.85. The topological polar surface area (TPSA) is 12.9 Å². The molecule has 8 aromatic carbocycles. The van der Waals surface area contributed by atoms with E-state index in [1.807, 2.05) is 18.3 Å². The molecule has 1 nitrogen and oxygen atoms in total. The molecule has 0 amide bonds. The van der Waals surface area contributed by atoms with Gasteiger partial charge in [0.1, 0.15) is 0 Å². The summed E-state index contributed by atoms with van der Waals surface area (Å²) in [7, 11) is 0. The molecule has 48 heavy (non-hydrogen) atoms. The van der Waals surface area contributed by atoms with Crippen LogP contribution < -0.4 is 0 Å². The van der Waals surface area contributed by atoms with E-state index >= 15 is 0 Å². The molecule has 0 spiro atoms. The number of hydrogen-bond acceptors (Lipinski definition) is 1. The highest BCUT2D eigenvalue weighted by Gasteiger charge is 2.20. The van der Waals surface area contributed by atoms with Crippen molar-refractivity contribution >= 4 is 43.1 Å². The molecule has 0 N–H and O–H groups in total. The van der Waals surface area contributed by atoms with E-state index < -0.39 is 0 Å². The maximum atomic E-state index is 4.58. The monoisotopic (exact) mass is 613 g/mol. The molecular weight excluding hydrogens is 579 g/mol. The smallest absolute Gasteiger partial charge is 0.0701 e. The normalized spacial score (nSPS) is 12.1. The van der Waals surface area contributed by atoms with Crippen LogP contribution in [0.3, 0.4) is 0 Å². The Morgan fingerprint density at radius 1 is 0.396 bits per heavy atom. The van der Waals surface area contributed by atoms with Gasteiger partial charge in [-0.15, -0.1) is 0 Å². The van der Waals surface area contributed by atoms with Gasteiger partial charge in [-0.25, -0.2) is 0 Å². The number of aromatic nitrogens is 1. The summed E-state index contributed by atoms with van der Waals surface area (Å²) in [5.74, 6) is 0. The Hall–Kier alpha value is -5.79. The fourth-order valence-electron chi connectivity index (χ4n) is 7.49. The molecule has 0 fully saturated rings. The molecule has 1 aromatic heterocycles. The number of nitrogens with zero attached hydrogens (tertiary/aromatic N) is 1. The zero-order valence-corrected chi connectivity index (χ0v) is 27.5. The first-order valence-electron chi connectivity index (χ1n) is 16.8. The number of rotatable bonds is 4. The van der Waals surface area contributed by atoms with Crippen molar-refractivity contribution in [1.29, 1.82) is 0 Å². The largest absolute Gasteiger partial charge is 0.256 e. The van der Waals surface area contributed by atoms with Gasteiger partial charge in [0.25, 0.3) is 0 Å².